The first kappa shape index (κ1) is 17.2. The van der Waals surface area contributed by atoms with Gasteiger partial charge in [-0.2, -0.15) is 0 Å². The highest BCUT2D eigenvalue weighted by molar-refractivity contribution is 7.13. The first-order chi connectivity index (χ1) is 12.4. The van der Waals surface area contributed by atoms with Crippen molar-refractivity contribution in [1.29, 1.82) is 0 Å². The zero-order chi connectivity index (χ0) is 18.4. The van der Waals surface area contributed by atoms with E-state index in [2.05, 4.69) is 42.9 Å². The van der Waals surface area contributed by atoms with Crippen molar-refractivity contribution in [3.63, 3.8) is 0 Å². The molecule has 0 spiro atoms. The van der Waals surface area contributed by atoms with Crippen molar-refractivity contribution in [2.24, 2.45) is 0 Å². The molecule has 4 rings (SSSR count). The van der Waals surface area contributed by atoms with Gasteiger partial charge in [0.2, 0.25) is 0 Å². The molecule has 1 aromatic carbocycles. The maximum atomic E-state index is 13.2. The number of aromatic amines is 1. The van der Waals surface area contributed by atoms with Gasteiger partial charge in [-0.3, -0.25) is 4.79 Å². The number of thiazole rings is 1. The Morgan fingerprint density at radius 1 is 1.31 bits per heavy atom. The SMILES string of the molecule is Cc1ccc2nc([C@@H]3CCCN3C(=O)c3sc(C(C)C)nc3C)[nH]c2c1. The number of amides is 1. The predicted octanol–water partition coefficient (Wildman–Crippen LogP) is 4.74. The molecule has 0 radical (unpaired) electrons. The average molecular weight is 369 g/mol. The second-order valence-corrected chi connectivity index (χ2v) is 8.45. The monoisotopic (exact) mass is 368 g/mol. The molecule has 26 heavy (non-hydrogen) atoms. The van der Waals surface area contributed by atoms with Crippen LogP contribution in [0.2, 0.25) is 0 Å². The molecule has 3 heterocycles. The van der Waals surface area contributed by atoms with Gasteiger partial charge in [0.15, 0.2) is 0 Å². The summed E-state index contributed by atoms with van der Waals surface area (Å²) >= 11 is 1.53. The Kier molecular flexibility index (Phi) is 4.31. The van der Waals surface area contributed by atoms with Crippen LogP contribution >= 0.6 is 11.3 Å². The maximum Gasteiger partial charge on any atom is 0.266 e. The van der Waals surface area contributed by atoms with Crippen molar-refractivity contribution in [1.82, 2.24) is 19.9 Å². The second-order valence-electron chi connectivity index (χ2n) is 7.42. The highest BCUT2D eigenvalue weighted by atomic mass is 32.1. The molecule has 1 aliphatic heterocycles. The zero-order valence-corrected chi connectivity index (χ0v) is 16.5. The van der Waals surface area contributed by atoms with Crippen LogP contribution in [0.3, 0.4) is 0 Å². The van der Waals surface area contributed by atoms with Crippen molar-refractivity contribution in [2.75, 3.05) is 6.54 Å². The largest absolute Gasteiger partial charge is 0.340 e. The molecule has 0 saturated carbocycles. The molecule has 6 heteroatoms. The number of rotatable bonds is 3. The summed E-state index contributed by atoms with van der Waals surface area (Å²) in [7, 11) is 0. The number of H-pyrrole nitrogens is 1. The minimum atomic E-state index is 0.0132. The van der Waals surface area contributed by atoms with Gasteiger partial charge >= 0.3 is 0 Å². The van der Waals surface area contributed by atoms with Gasteiger partial charge in [0.05, 0.1) is 27.8 Å². The molecule has 2 aromatic heterocycles. The van der Waals surface area contributed by atoms with Gasteiger partial charge in [-0.1, -0.05) is 19.9 Å². The van der Waals surface area contributed by atoms with Crippen LogP contribution in [-0.4, -0.2) is 32.3 Å². The van der Waals surface area contributed by atoms with Crippen LogP contribution in [0, 0.1) is 13.8 Å². The minimum absolute atomic E-state index is 0.0132. The average Bonchev–Trinajstić information content (AvgIpc) is 3.30. The van der Waals surface area contributed by atoms with Crippen LogP contribution < -0.4 is 0 Å². The van der Waals surface area contributed by atoms with Crippen LogP contribution in [0.25, 0.3) is 11.0 Å². The van der Waals surface area contributed by atoms with Gasteiger partial charge in [-0.05, 0) is 44.4 Å². The quantitative estimate of drug-likeness (QED) is 0.726. The van der Waals surface area contributed by atoms with Gasteiger partial charge < -0.3 is 9.88 Å². The van der Waals surface area contributed by atoms with Crippen LogP contribution in [0.4, 0.5) is 0 Å². The van der Waals surface area contributed by atoms with Crippen molar-refractivity contribution >= 4 is 28.3 Å². The smallest absolute Gasteiger partial charge is 0.266 e. The zero-order valence-electron chi connectivity index (χ0n) is 15.7. The third-order valence-corrected chi connectivity index (χ3v) is 6.43. The highest BCUT2D eigenvalue weighted by Crippen LogP contribution is 2.35. The number of aryl methyl sites for hydroxylation is 2. The van der Waals surface area contributed by atoms with Gasteiger partial charge in [-0.15, -0.1) is 11.3 Å². The Hall–Kier alpha value is -2.21. The van der Waals surface area contributed by atoms with Crippen LogP contribution in [-0.2, 0) is 0 Å². The molecule has 1 fully saturated rings. The molecule has 1 atom stereocenters. The van der Waals surface area contributed by atoms with Crippen molar-refractivity contribution < 1.29 is 4.79 Å². The Morgan fingerprint density at radius 2 is 2.12 bits per heavy atom. The molecule has 1 amide bonds. The number of aromatic nitrogens is 3. The fourth-order valence-corrected chi connectivity index (χ4v) is 4.61. The molecular weight excluding hydrogens is 344 g/mol. The lowest BCUT2D eigenvalue weighted by atomic mass is 10.2. The first-order valence-corrected chi connectivity index (χ1v) is 10.00. The van der Waals surface area contributed by atoms with Crippen LogP contribution in [0.1, 0.15) is 70.4 Å². The van der Waals surface area contributed by atoms with Crippen LogP contribution in [0.15, 0.2) is 18.2 Å². The first-order valence-electron chi connectivity index (χ1n) is 9.18. The summed E-state index contributed by atoms with van der Waals surface area (Å²) in [6.45, 7) is 9.01. The summed E-state index contributed by atoms with van der Waals surface area (Å²) in [5.74, 6) is 1.32. The second kappa shape index (κ2) is 6.50. The molecule has 5 nitrogen and oxygen atoms in total. The summed E-state index contributed by atoms with van der Waals surface area (Å²) in [4.78, 5) is 28.7. The number of likely N-dealkylation sites (tertiary alicyclic amines) is 1. The van der Waals surface area contributed by atoms with E-state index < -0.39 is 0 Å². The van der Waals surface area contributed by atoms with E-state index in [1.54, 1.807) is 0 Å². The van der Waals surface area contributed by atoms with Gasteiger partial charge in [-0.25, -0.2) is 9.97 Å². The Labute approximate surface area is 157 Å². The summed E-state index contributed by atoms with van der Waals surface area (Å²) in [6.07, 6.45) is 1.95. The summed E-state index contributed by atoms with van der Waals surface area (Å²) < 4.78 is 0. The number of benzene rings is 1. The van der Waals surface area contributed by atoms with E-state index in [-0.39, 0.29) is 11.9 Å². The highest BCUT2D eigenvalue weighted by Gasteiger charge is 2.34. The number of hydrogen-bond donors (Lipinski definition) is 1. The number of nitrogens with zero attached hydrogens (tertiary/aromatic N) is 3. The third-order valence-electron chi connectivity index (χ3n) is 4.99. The van der Waals surface area contributed by atoms with E-state index in [9.17, 15) is 4.79 Å². The fraction of sp³-hybridized carbons (Fsp3) is 0.450. The number of hydrogen-bond acceptors (Lipinski definition) is 4. The predicted molar refractivity (Wildman–Crippen MR) is 105 cm³/mol. The standard InChI is InChI=1S/C20H24N4OS/c1-11(2)19-21-13(4)17(26-19)20(25)24-9-5-6-16(24)18-22-14-8-7-12(3)10-15(14)23-18/h7-8,10-11,16H,5-6,9H2,1-4H3,(H,22,23)/t16-/m0/s1. The van der Waals surface area contributed by atoms with Crippen molar-refractivity contribution in [3.8, 4) is 0 Å². The number of carbonyl (C=O) groups excluding carboxylic acids is 1. The van der Waals surface area contributed by atoms with E-state index in [1.165, 1.54) is 16.9 Å². The summed E-state index contributed by atoms with van der Waals surface area (Å²) in [5.41, 5.74) is 4.04. The van der Waals surface area contributed by atoms with E-state index in [1.807, 2.05) is 17.9 Å². The molecule has 0 aliphatic carbocycles. The van der Waals surface area contributed by atoms with Gasteiger partial charge in [0, 0.05) is 12.5 Å². The molecule has 0 bridgehead atoms. The molecule has 1 N–H and O–H groups in total. The number of fused-ring (bicyclic) bond motifs is 1. The minimum Gasteiger partial charge on any atom is -0.340 e. The topological polar surface area (TPSA) is 61.9 Å². The van der Waals surface area contributed by atoms with E-state index in [4.69, 9.17) is 4.98 Å². The molecule has 0 unspecified atom stereocenters. The molecule has 1 aliphatic rings. The van der Waals surface area contributed by atoms with Crippen molar-refractivity contribution in [2.45, 2.75) is 52.5 Å². The molecular formula is C20H24N4OS. The number of nitrogens with one attached hydrogen (secondary N) is 1. The fourth-order valence-electron chi connectivity index (χ4n) is 3.59. The number of carbonyl (C=O) groups is 1. The Balaban J connectivity index is 1.66. The molecule has 3 aromatic rings. The van der Waals surface area contributed by atoms with E-state index in [0.717, 1.165) is 51.8 Å². The lowest BCUT2D eigenvalue weighted by molar-refractivity contribution is 0.0734. The Bertz CT molecular complexity index is 972. The van der Waals surface area contributed by atoms with Gasteiger partial charge in [0.25, 0.3) is 5.91 Å². The van der Waals surface area contributed by atoms with Gasteiger partial charge in [0.1, 0.15) is 10.7 Å². The Morgan fingerprint density at radius 3 is 2.85 bits per heavy atom. The molecule has 136 valence electrons. The third kappa shape index (κ3) is 2.92. The number of imidazole rings is 1. The molecule has 1 saturated heterocycles. The summed E-state index contributed by atoms with van der Waals surface area (Å²) in [5, 5.41) is 1.03. The lowest BCUT2D eigenvalue weighted by Crippen LogP contribution is -2.31. The van der Waals surface area contributed by atoms with Crippen molar-refractivity contribution in [3.05, 3.63) is 45.2 Å². The van der Waals surface area contributed by atoms with Crippen LogP contribution in [0.5, 0.6) is 0 Å². The maximum absolute atomic E-state index is 13.2. The summed E-state index contributed by atoms with van der Waals surface area (Å²) in [6, 6.07) is 6.22. The lowest BCUT2D eigenvalue weighted by Gasteiger charge is -2.22. The van der Waals surface area contributed by atoms with E-state index >= 15 is 0 Å². The van der Waals surface area contributed by atoms with E-state index in [0.29, 0.717) is 5.92 Å². The normalized spacial score (nSPS) is 17.6.